The topological polar surface area (TPSA) is 34.9 Å². The largest absolute Gasteiger partial charge is 0.311 e. The van der Waals surface area contributed by atoms with Gasteiger partial charge in [-0.25, -0.2) is 4.98 Å². The zero-order valence-electron chi connectivity index (χ0n) is 7.12. The van der Waals surface area contributed by atoms with E-state index in [0.717, 1.165) is 0 Å². The summed E-state index contributed by atoms with van der Waals surface area (Å²) in [5.41, 5.74) is -0.215. The van der Waals surface area contributed by atoms with Gasteiger partial charge in [0.15, 0.2) is 5.15 Å². The van der Waals surface area contributed by atoms with Crippen molar-refractivity contribution in [1.82, 2.24) is 9.55 Å². The molecule has 3 nitrogen and oxygen atoms in total. The fraction of sp³-hybridized carbons (Fsp3) is 0.500. The second-order valence-electron chi connectivity index (χ2n) is 3.07. The zero-order valence-corrected chi connectivity index (χ0v) is 7.88. The Morgan fingerprint density at radius 2 is 2.33 bits per heavy atom. The molecule has 0 saturated heterocycles. The molecule has 0 unspecified atom stereocenters. The summed E-state index contributed by atoms with van der Waals surface area (Å²) in [6.45, 7) is 4.77. The molecule has 0 fully saturated rings. The Kier molecular flexibility index (Phi) is 2.87. The van der Waals surface area contributed by atoms with E-state index >= 15 is 0 Å². The third kappa shape index (κ3) is 2.08. The average Bonchev–Trinajstić information content (AvgIpc) is 1.98. The van der Waals surface area contributed by atoms with Crippen molar-refractivity contribution in [1.29, 1.82) is 0 Å². The molecule has 66 valence electrons. The van der Waals surface area contributed by atoms with Gasteiger partial charge in [0.25, 0.3) is 5.56 Å². The van der Waals surface area contributed by atoms with Crippen LogP contribution in [0.5, 0.6) is 0 Å². The van der Waals surface area contributed by atoms with Gasteiger partial charge in [-0.1, -0.05) is 25.4 Å². The molecule has 0 saturated carbocycles. The highest BCUT2D eigenvalue weighted by molar-refractivity contribution is 6.29. The van der Waals surface area contributed by atoms with Crippen molar-refractivity contribution in [2.75, 3.05) is 0 Å². The molecule has 4 heteroatoms. The van der Waals surface area contributed by atoms with Crippen LogP contribution in [0.25, 0.3) is 0 Å². The summed E-state index contributed by atoms with van der Waals surface area (Å²) in [5, 5.41) is 0.0400. The summed E-state index contributed by atoms with van der Waals surface area (Å²) < 4.78 is 1.57. The summed E-state index contributed by atoms with van der Waals surface area (Å²) in [6.07, 6.45) is 3.18. The van der Waals surface area contributed by atoms with Crippen molar-refractivity contribution in [3.8, 4) is 0 Å². The molecule has 0 aliphatic carbocycles. The molecule has 12 heavy (non-hydrogen) atoms. The van der Waals surface area contributed by atoms with Gasteiger partial charge in [0.05, 0.1) is 0 Å². The van der Waals surface area contributed by atoms with E-state index in [0.29, 0.717) is 12.5 Å². The third-order valence-corrected chi connectivity index (χ3v) is 1.69. The quantitative estimate of drug-likeness (QED) is 0.703. The molecule has 0 atom stereocenters. The molecular formula is C8H11ClN2O. The fourth-order valence-corrected chi connectivity index (χ4v) is 1.12. The Labute approximate surface area is 76.0 Å². The van der Waals surface area contributed by atoms with E-state index in [1.54, 1.807) is 10.8 Å². The minimum absolute atomic E-state index is 0.0400. The van der Waals surface area contributed by atoms with Crippen LogP contribution in [0.1, 0.15) is 13.8 Å². The molecule has 0 spiro atoms. The SMILES string of the molecule is CC(C)Cn1ccnc(Cl)c1=O. The van der Waals surface area contributed by atoms with E-state index in [1.807, 2.05) is 13.8 Å². The standard InChI is InChI=1S/C8H11ClN2O/c1-6(2)5-11-4-3-10-7(9)8(11)12/h3-4,6H,5H2,1-2H3. The van der Waals surface area contributed by atoms with Crippen LogP contribution in [0, 0.1) is 5.92 Å². The summed E-state index contributed by atoms with van der Waals surface area (Å²) >= 11 is 5.55. The fourth-order valence-electron chi connectivity index (χ4n) is 0.958. The minimum Gasteiger partial charge on any atom is -0.311 e. The Morgan fingerprint density at radius 1 is 1.67 bits per heavy atom. The second kappa shape index (κ2) is 3.72. The summed E-state index contributed by atoms with van der Waals surface area (Å²) in [6, 6.07) is 0. The first kappa shape index (κ1) is 9.26. The summed E-state index contributed by atoms with van der Waals surface area (Å²) in [4.78, 5) is 15.0. The number of aromatic nitrogens is 2. The predicted molar refractivity (Wildman–Crippen MR) is 48.3 cm³/mol. The Morgan fingerprint density at radius 3 is 2.92 bits per heavy atom. The van der Waals surface area contributed by atoms with Crippen molar-refractivity contribution in [2.24, 2.45) is 5.92 Å². The van der Waals surface area contributed by atoms with Crippen LogP contribution in [0.3, 0.4) is 0 Å². The van der Waals surface area contributed by atoms with Crippen LogP contribution in [-0.4, -0.2) is 9.55 Å². The first-order valence-electron chi connectivity index (χ1n) is 3.82. The van der Waals surface area contributed by atoms with E-state index in [1.165, 1.54) is 6.20 Å². The molecule has 0 radical (unpaired) electrons. The summed E-state index contributed by atoms with van der Waals surface area (Å²) in [5.74, 6) is 0.432. The third-order valence-electron chi connectivity index (χ3n) is 1.43. The van der Waals surface area contributed by atoms with Crippen molar-refractivity contribution >= 4 is 11.6 Å². The van der Waals surface area contributed by atoms with Crippen LogP contribution in [-0.2, 0) is 6.54 Å². The molecule has 1 aromatic heterocycles. The molecule has 0 bridgehead atoms. The maximum absolute atomic E-state index is 11.3. The lowest BCUT2D eigenvalue weighted by atomic mass is 10.2. The summed E-state index contributed by atoms with van der Waals surface area (Å²) in [7, 11) is 0. The van der Waals surface area contributed by atoms with Crippen molar-refractivity contribution in [3.63, 3.8) is 0 Å². The molecule has 0 aliphatic heterocycles. The monoisotopic (exact) mass is 186 g/mol. The maximum Gasteiger partial charge on any atom is 0.288 e. The van der Waals surface area contributed by atoms with Gasteiger partial charge >= 0.3 is 0 Å². The molecule has 0 aliphatic rings. The molecular weight excluding hydrogens is 176 g/mol. The number of rotatable bonds is 2. The highest BCUT2D eigenvalue weighted by Gasteiger charge is 2.02. The molecule has 0 aromatic carbocycles. The maximum atomic E-state index is 11.3. The lowest BCUT2D eigenvalue weighted by Crippen LogP contribution is -2.22. The number of halogens is 1. The highest BCUT2D eigenvalue weighted by Crippen LogP contribution is 1.98. The first-order chi connectivity index (χ1) is 5.61. The van der Waals surface area contributed by atoms with Gasteiger partial charge in [-0.15, -0.1) is 0 Å². The minimum atomic E-state index is -0.215. The molecule has 0 N–H and O–H groups in total. The first-order valence-corrected chi connectivity index (χ1v) is 4.20. The van der Waals surface area contributed by atoms with Crippen LogP contribution < -0.4 is 5.56 Å². The van der Waals surface area contributed by atoms with E-state index in [-0.39, 0.29) is 10.7 Å². The lowest BCUT2D eigenvalue weighted by Gasteiger charge is -2.07. The van der Waals surface area contributed by atoms with Crippen molar-refractivity contribution in [3.05, 3.63) is 27.9 Å². The number of nitrogens with zero attached hydrogens (tertiary/aromatic N) is 2. The van der Waals surface area contributed by atoms with E-state index < -0.39 is 0 Å². The molecule has 1 rings (SSSR count). The van der Waals surface area contributed by atoms with E-state index in [9.17, 15) is 4.79 Å². The normalized spacial score (nSPS) is 10.7. The highest BCUT2D eigenvalue weighted by atomic mass is 35.5. The van der Waals surface area contributed by atoms with E-state index in [2.05, 4.69) is 4.98 Å². The van der Waals surface area contributed by atoms with Crippen LogP contribution in [0.15, 0.2) is 17.2 Å². The second-order valence-corrected chi connectivity index (χ2v) is 3.43. The van der Waals surface area contributed by atoms with Crippen LogP contribution >= 0.6 is 11.6 Å². The zero-order chi connectivity index (χ0) is 9.14. The van der Waals surface area contributed by atoms with Crippen LogP contribution in [0.4, 0.5) is 0 Å². The van der Waals surface area contributed by atoms with Crippen molar-refractivity contribution < 1.29 is 0 Å². The molecule has 1 heterocycles. The number of hydrogen-bond acceptors (Lipinski definition) is 2. The average molecular weight is 187 g/mol. The van der Waals surface area contributed by atoms with Crippen molar-refractivity contribution in [2.45, 2.75) is 20.4 Å². The van der Waals surface area contributed by atoms with Gasteiger partial charge in [-0.05, 0) is 5.92 Å². The van der Waals surface area contributed by atoms with Gasteiger partial charge < -0.3 is 4.57 Å². The van der Waals surface area contributed by atoms with Gasteiger partial charge in [0, 0.05) is 18.9 Å². The molecule has 0 amide bonds. The Balaban J connectivity index is 3.01. The van der Waals surface area contributed by atoms with Gasteiger partial charge in [0.1, 0.15) is 0 Å². The number of hydrogen-bond donors (Lipinski definition) is 0. The van der Waals surface area contributed by atoms with E-state index in [4.69, 9.17) is 11.6 Å². The Bertz CT molecular complexity index is 319. The van der Waals surface area contributed by atoms with Crippen LogP contribution in [0.2, 0.25) is 5.15 Å². The molecule has 1 aromatic rings. The van der Waals surface area contributed by atoms with Gasteiger partial charge in [-0.2, -0.15) is 0 Å². The smallest absolute Gasteiger partial charge is 0.288 e. The predicted octanol–water partition coefficient (Wildman–Crippen LogP) is 1.55. The van der Waals surface area contributed by atoms with Gasteiger partial charge in [0.2, 0.25) is 0 Å². The van der Waals surface area contributed by atoms with Gasteiger partial charge in [-0.3, -0.25) is 4.79 Å². The Hall–Kier alpha value is -0.830. The lowest BCUT2D eigenvalue weighted by molar-refractivity contribution is 0.509.